The van der Waals surface area contributed by atoms with E-state index in [9.17, 15) is 0 Å². The van der Waals surface area contributed by atoms with Gasteiger partial charge in [0.15, 0.2) is 0 Å². The van der Waals surface area contributed by atoms with Crippen LogP contribution in [0.25, 0.3) is 0 Å². The molecule has 0 aliphatic carbocycles. The Kier molecular flexibility index (Phi) is 3.51. The van der Waals surface area contributed by atoms with Crippen LogP contribution >= 0.6 is 27.5 Å². The molecule has 0 unspecified atom stereocenters. The van der Waals surface area contributed by atoms with Crippen LogP contribution in [-0.4, -0.2) is 9.78 Å². The second-order valence-corrected chi connectivity index (χ2v) is 4.75. The topological polar surface area (TPSA) is 29.9 Å². The van der Waals surface area contributed by atoms with Crippen LogP contribution in [0.1, 0.15) is 5.69 Å². The second-order valence-electron chi connectivity index (χ2n) is 3.46. The summed E-state index contributed by atoms with van der Waals surface area (Å²) >= 11 is 9.32. The zero-order chi connectivity index (χ0) is 11.5. The average Bonchev–Trinajstić information content (AvgIpc) is 2.63. The van der Waals surface area contributed by atoms with Crippen molar-refractivity contribution in [3.05, 3.63) is 45.7 Å². The van der Waals surface area contributed by atoms with Gasteiger partial charge in [0.1, 0.15) is 0 Å². The Morgan fingerprint density at radius 3 is 2.88 bits per heavy atom. The van der Waals surface area contributed by atoms with Crippen molar-refractivity contribution in [2.75, 3.05) is 5.32 Å². The van der Waals surface area contributed by atoms with E-state index >= 15 is 0 Å². The third-order valence-electron chi connectivity index (χ3n) is 2.16. The first kappa shape index (κ1) is 11.5. The molecule has 0 radical (unpaired) electrons. The van der Waals surface area contributed by atoms with Gasteiger partial charge in [-0.2, -0.15) is 5.10 Å². The lowest BCUT2D eigenvalue weighted by Crippen LogP contribution is -2.01. The molecule has 0 fully saturated rings. The number of aromatic nitrogens is 2. The molecule has 1 heterocycles. The lowest BCUT2D eigenvalue weighted by molar-refractivity contribution is 0.747. The summed E-state index contributed by atoms with van der Waals surface area (Å²) in [5, 5.41) is 8.29. The van der Waals surface area contributed by atoms with Gasteiger partial charge in [0, 0.05) is 28.4 Å². The minimum absolute atomic E-state index is 0.696. The van der Waals surface area contributed by atoms with Gasteiger partial charge in [-0.3, -0.25) is 4.68 Å². The molecule has 3 nitrogen and oxygen atoms in total. The third kappa shape index (κ3) is 2.77. The Labute approximate surface area is 108 Å². The maximum Gasteiger partial charge on any atom is 0.0815 e. The molecule has 0 aliphatic heterocycles. The van der Waals surface area contributed by atoms with Crippen LogP contribution < -0.4 is 5.32 Å². The first-order valence-corrected chi connectivity index (χ1v) is 6.00. The highest BCUT2D eigenvalue weighted by molar-refractivity contribution is 9.10. The predicted octanol–water partition coefficient (Wildman–Crippen LogP) is 3.45. The highest BCUT2D eigenvalue weighted by Crippen LogP contribution is 2.26. The Bertz CT molecular complexity index is 496. The molecular weight excluding hydrogens is 289 g/mol. The van der Waals surface area contributed by atoms with Crippen LogP contribution in [0.5, 0.6) is 0 Å². The van der Waals surface area contributed by atoms with Gasteiger partial charge in [0.2, 0.25) is 0 Å². The number of hydrogen-bond donors (Lipinski definition) is 1. The summed E-state index contributed by atoms with van der Waals surface area (Å²) in [4.78, 5) is 0. The highest BCUT2D eigenvalue weighted by Gasteiger charge is 2.01. The molecule has 2 rings (SSSR count). The number of hydrogen-bond acceptors (Lipinski definition) is 2. The molecule has 1 N–H and O–H groups in total. The van der Waals surface area contributed by atoms with E-state index in [0.717, 1.165) is 20.9 Å². The van der Waals surface area contributed by atoms with Crippen molar-refractivity contribution in [3.63, 3.8) is 0 Å². The van der Waals surface area contributed by atoms with Gasteiger partial charge in [-0.05, 0) is 40.2 Å². The van der Waals surface area contributed by atoms with E-state index < -0.39 is 0 Å². The minimum atomic E-state index is 0.696. The van der Waals surface area contributed by atoms with Crippen molar-refractivity contribution in [1.82, 2.24) is 9.78 Å². The van der Waals surface area contributed by atoms with E-state index in [2.05, 4.69) is 26.3 Å². The molecule has 0 saturated heterocycles. The molecule has 0 amide bonds. The van der Waals surface area contributed by atoms with Crippen molar-refractivity contribution < 1.29 is 0 Å². The van der Waals surface area contributed by atoms with Crippen molar-refractivity contribution in [2.45, 2.75) is 6.54 Å². The second kappa shape index (κ2) is 4.89. The van der Waals surface area contributed by atoms with Gasteiger partial charge < -0.3 is 5.32 Å². The summed E-state index contributed by atoms with van der Waals surface area (Å²) < 4.78 is 2.74. The number of anilines is 1. The van der Waals surface area contributed by atoms with Crippen LogP contribution in [0.3, 0.4) is 0 Å². The lowest BCUT2D eigenvalue weighted by Gasteiger charge is -2.07. The Morgan fingerprint density at radius 1 is 1.44 bits per heavy atom. The maximum absolute atomic E-state index is 5.86. The quantitative estimate of drug-likeness (QED) is 0.941. The van der Waals surface area contributed by atoms with E-state index in [-0.39, 0.29) is 0 Å². The van der Waals surface area contributed by atoms with Gasteiger partial charge in [-0.15, -0.1) is 0 Å². The fraction of sp³-hybridized carbons (Fsp3) is 0.182. The van der Waals surface area contributed by atoms with Gasteiger partial charge in [0.05, 0.1) is 12.2 Å². The molecule has 0 aliphatic rings. The molecule has 0 bridgehead atoms. The SMILES string of the molecule is Cn1ccc(CNc2ccc(Cl)cc2Br)n1. The Balaban J connectivity index is 2.04. The van der Waals surface area contributed by atoms with Crippen LogP contribution in [0.15, 0.2) is 34.9 Å². The Morgan fingerprint density at radius 2 is 2.25 bits per heavy atom. The van der Waals surface area contributed by atoms with E-state index in [1.54, 1.807) is 4.68 Å². The largest absolute Gasteiger partial charge is 0.378 e. The Hall–Kier alpha value is -1.000. The van der Waals surface area contributed by atoms with Crippen molar-refractivity contribution in [3.8, 4) is 0 Å². The first-order chi connectivity index (χ1) is 7.65. The van der Waals surface area contributed by atoms with E-state index in [1.807, 2.05) is 37.5 Å². The van der Waals surface area contributed by atoms with Crippen molar-refractivity contribution in [1.29, 1.82) is 0 Å². The predicted molar refractivity (Wildman–Crippen MR) is 69.7 cm³/mol. The molecule has 2 aromatic rings. The number of aryl methyl sites for hydroxylation is 1. The minimum Gasteiger partial charge on any atom is -0.378 e. The molecule has 0 atom stereocenters. The zero-order valence-corrected chi connectivity index (χ0v) is 11.1. The van der Waals surface area contributed by atoms with Gasteiger partial charge in [0.25, 0.3) is 0 Å². The van der Waals surface area contributed by atoms with Crippen molar-refractivity contribution in [2.24, 2.45) is 7.05 Å². The monoisotopic (exact) mass is 299 g/mol. The molecule has 84 valence electrons. The number of benzene rings is 1. The lowest BCUT2D eigenvalue weighted by atomic mass is 10.3. The molecule has 1 aromatic heterocycles. The fourth-order valence-corrected chi connectivity index (χ4v) is 2.20. The zero-order valence-electron chi connectivity index (χ0n) is 8.74. The smallest absolute Gasteiger partial charge is 0.0815 e. The molecule has 0 spiro atoms. The summed E-state index contributed by atoms with van der Waals surface area (Å²) in [5.74, 6) is 0. The third-order valence-corrected chi connectivity index (χ3v) is 3.05. The highest BCUT2D eigenvalue weighted by atomic mass is 79.9. The summed E-state index contributed by atoms with van der Waals surface area (Å²) in [6.45, 7) is 0.696. The summed E-state index contributed by atoms with van der Waals surface area (Å²) in [6.07, 6.45) is 1.92. The molecule has 1 aromatic carbocycles. The summed E-state index contributed by atoms with van der Waals surface area (Å²) in [7, 11) is 1.90. The maximum atomic E-state index is 5.86. The fourth-order valence-electron chi connectivity index (χ4n) is 1.38. The van der Waals surface area contributed by atoms with Crippen molar-refractivity contribution >= 4 is 33.2 Å². The number of nitrogens with one attached hydrogen (secondary N) is 1. The van der Waals surface area contributed by atoms with Gasteiger partial charge >= 0.3 is 0 Å². The molecule has 16 heavy (non-hydrogen) atoms. The van der Waals surface area contributed by atoms with Crippen LogP contribution in [0.2, 0.25) is 5.02 Å². The number of halogens is 2. The molecule has 5 heteroatoms. The van der Waals surface area contributed by atoms with Crippen LogP contribution in [-0.2, 0) is 13.6 Å². The van der Waals surface area contributed by atoms with E-state index in [0.29, 0.717) is 6.54 Å². The summed E-state index contributed by atoms with van der Waals surface area (Å²) in [5.41, 5.74) is 2.01. The van der Waals surface area contributed by atoms with Crippen LogP contribution in [0.4, 0.5) is 5.69 Å². The van der Waals surface area contributed by atoms with Crippen LogP contribution in [0, 0.1) is 0 Å². The van der Waals surface area contributed by atoms with E-state index in [4.69, 9.17) is 11.6 Å². The average molecular weight is 301 g/mol. The number of rotatable bonds is 3. The normalized spacial score (nSPS) is 10.4. The summed E-state index contributed by atoms with van der Waals surface area (Å²) in [6, 6.07) is 7.64. The first-order valence-electron chi connectivity index (χ1n) is 4.82. The molecule has 0 saturated carbocycles. The van der Waals surface area contributed by atoms with Gasteiger partial charge in [-0.25, -0.2) is 0 Å². The molecular formula is C11H11BrClN3. The van der Waals surface area contributed by atoms with Gasteiger partial charge in [-0.1, -0.05) is 11.6 Å². The standard InChI is InChI=1S/C11H11BrClN3/c1-16-5-4-9(15-16)7-14-11-3-2-8(13)6-10(11)12/h2-6,14H,7H2,1H3. The van der Waals surface area contributed by atoms with E-state index in [1.165, 1.54) is 0 Å². The number of nitrogens with zero attached hydrogens (tertiary/aromatic N) is 2.